The lowest BCUT2D eigenvalue weighted by molar-refractivity contribution is 0.0955. The largest absolute Gasteiger partial charge is 0.280 e. The van der Waals surface area contributed by atoms with E-state index in [9.17, 15) is 13.2 Å². The number of carbonyl (C=O) groups excluding carboxylic acids is 1. The van der Waals surface area contributed by atoms with Gasteiger partial charge in [-0.15, -0.1) is 0 Å². The van der Waals surface area contributed by atoms with Crippen LogP contribution in [0.3, 0.4) is 0 Å². The van der Waals surface area contributed by atoms with Crippen molar-refractivity contribution in [3.05, 3.63) is 102 Å². The number of nitrogens with zero attached hydrogens (tertiary/aromatic N) is 1. The first kappa shape index (κ1) is 21.0. The zero-order valence-electron chi connectivity index (χ0n) is 16.3. The summed E-state index contributed by atoms with van der Waals surface area (Å²) in [6.07, 6.45) is 3.70. The second kappa shape index (κ2) is 9.67. The van der Waals surface area contributed by atoms with Crippen LogP contribution in [-0.2, 0) is 10.0 Å². The molecule has 0 atom stereocenters. The number of anilines is 1. The summed E-state index contributed by atoms with van der Waals surface area (Å²) in [5.74, 6) is -0.389. The molecule has 30 heavy (non-hydrogen) atoms. The number of hydrogen-bond acceptors (Lipinski definition) is 4. The van der Waals surface area contributed by atoms with E-state index in [1.807, 2.05) is 36.4 Å². The second-order valence-electron chi connectivity index (χ2n) is 6.43. The molecule has 7 heteroatoms. The van der Waals surface area contributed by atoms with Gasteiger partial charge in [-0.1, -0.05) is 54.6 Å². The maximum Gasteiger partial charge on any atom is 0.271 e. The van der Waals surface area contributed by atoms with Crippen molar-refractivity contribution >= 4 is 33.4 Å². The molecule has 6 nitrogen and oxygen atoms in total. The van der Waals surface area contributed by atoms with Gasteiger partial charge in [-0.05, 0) is 55.0 Å². The molecule has 3 aromatic carbocycles. The SMILES string of the molecule is CC(C=Cc1ccccc1)=NNC(=O)c1ccc(NS(=O)(=O)c2ccccc2)cc1. The molecular weight excluding hydrogens is 398 g/mol. The maximum atomic E-state index is 12.3. The zero-order valence-corrected chi connectivity index (χ0v) is 17.1. The van der Waals surface area contributed by atoms with Crippen molar-refractivity contribution in [1.82, 2.24) is 5.43 Å². The highest BCUT2D eigenvalue weighted by atomic mass is 32.2. The van der Waals surface area contributed by atoms with Crippen LogP contribution in [0.5, 0.6) is 0 Å². The first-order valence-electron chi connectivity index (χ1n) is 9.20. The van der Waals surface area contributed by atoms with Crippen LogP contribution >= 0.6 is 0 Å². The van der Waals surface area contributed by atoms with Crippen LogP contribution in [0.4, 0.5) is 5.69 Å². The molecule has 0 fully saturated rings. The molecular formula is C23H21N3O3S. The minimum Gasteiger partial charge on any atom is -0.280 e. The number of sulfonamides is 1. The number of benzene rings is 3. The van der Waals surface area contributed by atoms with Crippen LogP contribution in [0.25, 0.3) is 6.08 Å². The van der Waals surface area contributed by atoms with Crippen molar-refractivity contribution in [2.24, 2.45) is 5.10 Å². The number of carbonyl (C=O) groups is 1. The van der Waals surface area contributed by atoms with E-state index < -0.39 is 10.0 Å². The van der Waals surface area contributed by atoms with Gasteiger partial charge in [-0.2, -0.15) is 5.10 Å². The molecule has 0 heterocycles. The van der Waals surface area contributed by atoms with Crippen molar-refractivity contribution in [3.63, 3.8) is 0 Å². The number of hydrazone groups is 1. The van der Waals surface area contributed by atoms with Crippen LogP contribution < -0.4 is 10.1 Å². The number of hydrogen-bond donors (Lipinski definition) is 2. The molecule has 0 saturated heterocycles. The quantitative estimate of drug-likeness (QED) is 0.442. The van der Waals surface area contributed by atoms with Crippen molar-refractivity contribution in [2.75, 3.05) is 4.72 Å². The van der Waals surface area contributed by atoms with Gasteiger partial charge in [-0.25, -0.2) is 13.8 Å². The Hall–Kier alpha value is -3.71. The maximum absolute atomic E-state index is 12.3. The lowest BCUT2D eigenvalue weighted by Gasteiger charge is -2.08. The van der Waals surface area contributed by atoms with E-state index in [-0.39, 0.29) is 10.8 Å². The summed E-state index contributed by atoms with van der Waals surface area (Å²) in [6, 6.07) is 24.0. The molecule has 152 valence electrons. The van der Waals surface area contributed by atoms with E-state index in [2.05, 4.69) is 15.2 Å². The molecule has 3 aromatic rings. The third-order valence-electron chi connectivity index (χ3n) is 4.10. The van der Waals surface area contributed by atoms with E-state index in [1.165, 1.54) is 36.4 Å². The highest BCUT2D eigenvalue weighted by Crippen LogP contribution is 2.16. The fraction of sp³-hybridized carbons (Fsp3) is 0.0435. The van der Waals surface area contributed by atoms with E-state index >= 15 is 0 Å². The molecule has 2 N–H and O–H groups in total. The van der Waals surface area contributed by atoms with Gasteiger partial charge in [0.1, 0.15) is 0 Å². The summed E-state index contributed by atoms with van der Waals surface area (Å²) in [4.78, 5) is 12.4. The van der Waals surface area contributed by atoms with Crippen LogP contribution in [0.1, 0.15) is 22.8 Å². The molecule has 0 bridgehead atoms. The van der Waals surface area contributed by atoms with Crippen LogP contribution in [0.15, 0.2) is 101 Å². The van der Waals surface area contributed by atoms with Crippen LogP contribution in [0, 0.1) is 0 Å². The Kier molecular flexibility index (Phi) is 6.77. The van der Waals surface area contributed by atoms with E-state index in [1.54, 1.807) is 31.2 Å². The summed E-state index contributed by atoms with van der Waals surface area (Å²) in [5, 5.41) is 4.06. The molecule has 0 spiro atoms. The van der Waals surface area contributed by atoms with E-state index in [0.717, 1.165) is 5.56 Å². The number of rotatable bonds is 7. The molecule has 1 amide bonds. The Morgan fingerprint density at radius 1 is 0.867 bits per heavy atom. The van der Waals surface area contributed by atoms with Crippen LogP contribution in [-0.4, -0.2) is 20.0 Å². The summed E-state index contributed by atoms with van der Waals surface area (Å²) in [7, 11) is -3.68. The van der Waals surface area contributed by atoms with Crippen LogP contribution in [0.2, 0.25) is 0 Å². The Morgan fingerprint density at radius 2 is 1.47 bits per heavy atom. The third-order valence-corrected chi connectivity index (χ3v) is 5.50. The molecule has 0 aromatic heterocycles. The van der Waals surface area contributed by atoms with Gasteiger partial charge in [-0.3, -0.25) is 9.52 Å². The standard InChI is InChI=1S/C23H21N3O3S/c1-18(12-13-19-8-4-2-5-9-19)24-25-23(27)20-14-16-21(17-15-20)26-30(28,29)22-10-6-3-7-11-22/h2-17,26H,1H3,(H,25,27). The minimum absolute atomic E-state index is 0.167. The summed E-state index contributed by atoms with van der Waals surface area (Å²) in [6.45, 7) is 1.78. The molecule has 3 rings (SSSR count). The molecule has 0 radical (unpaired) electrons. The topological polar surface area (TPSA) is 87.6 Å². The average Bonchev–Trinajstić information content (AvgIpc) is 2.77. The van der Waals surface area contributed by atoms with Crippen molar-refractivity contribution < 1.29 is 13.2 Å². The molecule has 0 aliphatic carbocycles. The first-order chi connectivity index (χ1) is 14.4. The zero-order chi connectivity index (χ0) is 21.4. The average molecular weight is 420 g/mol. The summed E-state index contributed by atoms with van der Waals surface area (Å²) >= 11 is 0. The highest BCUT2D eigenvalue weighted by Gasteiger charge is 2.13. The Bertz CT molecular complexity index is 1160. The van der Waals surface area contributed by atoms with Gasteiger partial charge >= 0.3 is 0 Å². The molecule has 0 saturated carbocycles. The van der Waals surface area contributed by atoms with Gasteiger partial charge in [0.15, 0.2) is 0 Å². The predicted molar refractivity (Wildman–Crippen MR) is 120 cm³/mol. The van der Waals surface area contributed by atoms with E-state index in [0.29, 0.717) is 17.0 Å². The van der Waals surface area contributed by atoms with Crippen molar-refractivity contribution in [1.29, 1.82) is 0 Å². The Morgan fingerprint density at radius 3 is 2.10 bits per heavy atom. The monoisotopic (exact) mass is 419 g/mol. The van der Waals surface area contributed by atoms with E-state index in [4.69, 9.17) is 0 Å². The Labute approximate surface area is 176 Å². The molecule has 0 unspecified atom stereocenters. The van der Waals surface area contributed by atoms with Crippen molar-refractivity contribution in [3.8, 4) is 0 Å². The van der Waals surface area contributed by atoms with Gasteiger partial charge in [0.2, 0.25) is 0 Å². The Balaban J connectivity index is 1.60. The molecule has 0 aliphatic rings. The summed E-state index contributed by atoms with van der Waals surface area (Å²) in [5.41, 5.74) is 4.88. The normalized spacial score (nSPS) is 12.0. The third kappa shape index (κ3) is 5.89. The van der Waals surface area contributed by atoms with Crippen molar-refractivity contribution in [2.45, 2.75) is 11.8 Å². The smallest absolute Gasteiger partial charge is 0.271 e. The summed E-state index contributed by atoms with van der Waals surface area (Å²) < 4.78 is 27.2. The predicted octanol–water partition coefficient (Wildman–Crippen LogP) is 4.31. The first-order valence-corrected chi connectivity index (χ1v) is 10.7. The fourth-order valence-corrected chi connectivity index (χ4v) is 3.60. The van der Waals surface area contributed by atoms with Gasteiger partial charge in [0.05, 0.1) is 10.6 Å². The number of amides is 1. The van der Waals surface area contributed by atoms with Gasteiger partial charge < -0.3 is 0 Å². The second-order valence-corrected chi connectivity index (χ2v) is 8.12. The lowest BCUT2D eigenvalue weighted by atomic mass is 10.2. The molecule has 0 aliphatic heterocycles. The number of nitrogens with one attached hydrogen (secondary N) is 2. The highest BCUT2D eigenvalue weighted by molar-refractivity contribution is 7.92. The van der Waals surface area contributed by atoms with Gasteiger partial charge in [0, 0.05) is 11.3 Å². The number of allylic oxidation sites excluding steroid dienone is 1. The lowest BCUT2D eigenvalue weighted by Crippen LogP contribution is -2.19. The van der Waals surface area contributed by atoms with Gasteiger partial charge in [0.25, 0.3) is 15.9 Å². The minimum atomic E-state index is -3.68. The fourth-order valence-electron chi connectivity index (χ4n) is 2.53.